The Labute approximate surface area is 150 Å². The third kappa shape index (κ3) is 3.82. The van der Waals surface area contributed by atoms with Gasteiger partial charge in [0.2, 0.25) is 0 Å². The van der Waals surface area contributed by atoms with E-state index in [1.165, 1.54) is 16.8 Å². The minimum Gasteiger partial charge on any atom is -0.494 e. The Balaban J connectivity index is 1.76. The van der Waals surface area contributed by atoms with E-state index < -0.39 is 0 Å². The van der Waals surface area contributed by atoms with Gasteiger partial charge in [-0.1, -0.05) is 6.92 Å². The Morgan fingerprint density at radius 3 is 2.92 bits per heavy atom. The number of hydrogen-bond donors (Lipinski definition) is 1. The molecule has 3 rings (SSSR count). The summed E-state index contributed by atoms with van der Waals surface area (Å²) in [7, 11) is 0. The number of fused-ring (bicyclic) bond motifs is 1. The second-order valence-corrected chi connectivity index (χ2v) is 6.58. The van der Waals surface area contributed by atoms with Crippen LogP contribution in [0.5, 0.6) is 11.5 Å². The van der Waals surface area contributed by atoms with Gasteiger partial charge in [0.15, 0.2) is 0 Å². The third-order valence-corrected chi connectivity index (χ3v) is 4.82. The SMILES string of the molecule is CCCn1nc(C)c(CNC2CCOc3ccc(OCC)cc32)c1C. The van der Waals surface area contributed by atoms with Gasteiger partial charge in [-0.25, -0.2) is 0 Å². The highest BCUT2D eigenvalue weighted by Crippen LogP contribution is 2.35. The molecule has 0 fully saturated rings. The highest BCUT2D eigenvalue weighted by Gasteiger charge is 2.23. The van der Waals surface area contributed by atoms with Gasteiger partial charge in [-0.2, -0.15) is 5.10 Å². The summed E-state index contributed by atoms with van der Waals surface area (Å²) in [4.78, 5) is 0. The van der Waals surface area contributed by atoms with Crippen LogP contribution in [-0.2, 0) is 13.1 Å². The van der Waals surface area contributed by atoms with Crippen molar-refractivity contribution < 1.29 is 9.47 Å². The summed E-state index contributed by atoms with van der Waals surface area (Å²) in [5.74, 6) is 1.86. The van der Waals surface area contributed by atoms with Crippen molar-refractivity contribution in [1.82, 2.24) is 15.1 Å². The van der Waals surface area contributed by atoms with Gasteiger partial charge >= 0.3 is 0 Å². The molecule has 0 radical (unpaired) electrons. The number of nitrogens with one attached hydrogen (secondary N) is 1. The van der Waals surface area contributed by atoms with Gasteiger partial charge in [-0.3, -0.25) is 4.68 Å². The molecule has 1 aliphatic heterocycles. The lowest BCUT2D eigenvalue weighted by Gasteiger charge is -2.27. The van der Waals surface area contributed by atoms with Crippen molar-refractivity contribution in [3.8, 4) is 11.5 Å². The van der Waals surface area contributed by atoms with Crippen LogP contribution in [0.15, 0.2) is 18.2 Å². The molecule has 1 N–H and O–H groups in total. The second kappa shape index (κ2) is 7.91. The smallest absolute Gasteiger partial charge is 0.124 e. The molecule has 5 heteroatoms. The van der Waals surface area contributed by atoms with Crippen molar-refractivity contribution in [2.24, 2.45) is 0 Å². The normalized spacial score (nSPS) is 16.4. The zero-order chi connectivity index (χ0) is 17.8. The Morgan fingerprint density at radius 2 is 2.16 bits per heavy atom. The highest BCUT2D eigenvalue weighted by molar-refractivity contribution is 5.43. The van der Waals surface area contributed by atoms with Gasteiger partial charge in [-0.15, -0.1) is 0 Å². The van der Waals surface area contributed by atoms with E-state index in [1.54, 1.807) is 0 Å². The predicted molar refractivity (Wildman–Crippen MR) is 99.3 cm³/mol. The van der Waals surface area contributed by atoms with Crippen LogP contribution in [0.3, 0.4) is 0 Å². The third-order valence-electron chi connectivity index (χ3n) is 4.82. The first kappa shape index (κ1) is 17.8. The molecule has 1 aromatic carbocycles. The molecule has 5 nitrogen and oxygen atoms in total. The largest absolute Gasteiger partial charge is 0.494 e. The lowest BCUT2D eigenvalue weighted by molar-refractivity contribution is 0.250. The van der Waals surface area contributed by atoms with Crippen LogP contribution >= 0.6 is 0 Å². The minimum atomic E-state index is 0.275. The van der Waals surface area contributed by atoms with E-state index in [2.05, 4.69) is 41.9 Å². The van der Waals surface area contributed by atoms with Crippen molar-refractivity contribution in [2.45, 2.75) is 59.7 Å². The first-order valence-corrected chi connectivity index (χ1v) is 9.29. The summed E-state index contributed by atoms with van der Waals surface area (Å²) in [6.07, 6.45) is 2.06. The van der Waals surface area contributed by atoms with Crippen LogP contribution in [0.2, 0.25) is 0 Å². The fourth-order valence-electron chi connectivity index (χ4n) is 3.49. The molecule has 1 aromatic heterocycles. The summed E-state index contributed by atoms with van der Waals surface area (Å²) >= 11 is 0. The standard InChI is InChI=1S/C20H29N3O2/c1-5-10-23-15(4)18(14(3)22-23)13-21-19-9-11-25-20-8-7-16(24-6-2)12-17(19)20/h7-8,12,19,21H,5-6,9-11,13H2,1-4H3. The Morgan fingerprint density at radius 1 is 1.32 bits per heavy atom. The van der Waals surface area contributed by atoms with Gasteiger partial charge in [0, 0.05) is 42.4 Å². The average molecular weight is 343 g/mol. The van der Waals surface area contributed by atoms with E-state index in [4.69, 9.17) is 9.47 Å². The number of ether oxygens (including phenoxy) is 2. The zero-order valence-corrected chi connectivity index (χ0v) is 15.8. The first-order valence-electron chi connectivity index (χ1n) is 9.29. The number of rotatable bonds is 7. The molecule has 0 bridgehead atoms. The summed E-state index contributed by atoms with van der Waals surface area (Å²) in [6, 6.07) is 6.38. The highest BCUT2D eigenvalue weighted by atomic mass is 16.5. The van der Waals surface area contributed by atoms with E-state index >= 15 is 0 Å². The van der Waals surface area contributed by atoms with Crippen LogP contribution in [0, 0.1) is 13.8 Å². The van der Waals surface area contributed by atoms with E-state index in [0.29, 0.717) is 6.61 Å². The van der Waals surface area contributed by atoms with Crippen LogP contribution in [0.25, 0.3) is 0 Å². The molecular formula is C20H29N3O2. The van der Waals surface area contributed by atoms with E-state index in [9.17, 15) is 0 Å². The van der Waals surface area contributed by atoms with Crippen molar-refractivity contribution >= 4 is 0 Å². The van der Waals surface area contributed by atoms with Gasteiger partial charge < -0.3 is 14.8 Å². The lowest BCUT2D eigenvalue weighted by atomic mass is 9.99. The summed E-state index contributed by atoms with van der Waals surface area (Å²) < 4.78 is 13.6. The molecule has 1 aliphatic rings. The predicted octanol–water partition coefficient (Wildman–Crippen LogP) is 3.92. The topological polar surface area (TPSA) is 48.3 Å². The molecule has 1 atom stereocenters. The molecule has 0 saturated carbocycles. The monoisotopic (exact) mass is 343 g/mol. The Bertz CT molecular complexity index is 724. The van der Waals surface area contributed by atoms with E-state index in [1.807, 2.05) is 19.1 Å². The number of nitrogens with zero attached hydrogens (tertiary/aromatic N) is 2. The average Bonchev–Trinajstić information content (AvgIpc) is 2.87. The fourth-order valence-corrected chi connectivity index (χ4v) is 3.49. The molecule has 0 amide bonds. The lowest BCUT2D eigenvalue weighted by Crippen LogP contribution is -2.27. The molecule has 2 aromatic rings. The van der Waals surface area contributed by atoms with Crippen molar-refractivity contribution in [2.75, 3.05) is 13.2 Å². The summed E-state index contributed by atoms with van der Waals surface area (Å²) in [5.41, 5.74) is 4.88. The van der Waals surface area contributed by atoms with E-state index in [-0.39, 0.29) is 6.04 Å². The van der Waals surface area contributed by atoms with Gasteiger partial charge in [0.05, 0.1) is 18.9 Å². The molecular weight excluding hydrogens is 314 g/mol. The number of aryl methyl sites for hydroxylation is 2. The molecule has 0 saturated heterocycles. The molecule has 0 aliphatic carbocycles. The molecule has 25 heavy (non-hydrogen) atoms. The Kier molecular flexibility index (Phi) is 5.63. The zero-order valence-electron chi connectivity index (χ0n) is 15.8. The number of hydrogen-bond acceptors (Lipinski definition) is 4. The van der Waals surface area contributed by atoms with Crippen molar-refractivity contribution in [3.63, 3.8) is 0 Å². The molecule has 136 valence electrons. The maximum atomic E-state index is 5.81. The number of benzene rings is 1. The van der Waals surface area contributed by atoms with Crippen molar-refractivity contribution in [1.29, 1.82) is 0 Å². The summed E-state index contributed by atoms with van der Waals surface area (Å²) in [6.45, 7) is 11.7. The van der Waals surface area contributed by atoms with Crippen LogP contribution < -0.4 is 14.8 Å². The first-order chi connectivity index (χ1) is 12.1. The summed E-state index contributed by atoms with van der Waals surface area (Å²) in [5, 5.41) is 8.39. The Hall–Kier alpha value is -2.01. The van der Waals surface area contributed by atoms with Crippen molar-refractivity contribution in [3.05, 3.63) is 40.7 Å². The fraction of sp³-hybridized carbons (Fsp3) is 0.550. The molecule has 0 spiro atoms. The quantitative estimate of drug-likeness (QED) is 0.828. The van der Waals surface area contributed by atoms with Gasteiger partial charge in [0.1, 0.15) is 11.5 Å². The van der Waals surface area contributed by atoms with Gasteiger partial charge in [0.25, 0.3) is 0 Å². The van der Waals surface area contributed by atoms with Crippen LogP contribution in [-0.4, -0.2) is 23.0 Å². The molecule has 1 unspecified atom stereocenters. The molecule has 2 heterocycles. The minimum absolute atomic E-state index is 0.275. The second-order valence-electron chi connectivity index (χ2n) is 6.58. The maximum absolute atomic E-state index is 5.81. The van der Waals surface area contributed by atoms with E-state index in [0.717, 1.165) is 49.7 Å². The maximum Gasteiger partial charge on any atom is 0.124 e. The van der Waals surface area contributed by atoms with Crippen LogP contribution in [0.1, 0.15) is 55.2 Å². The number of aromatic nitrogens is 2. The van der Waals surface area contributed by atoms with Crippen LogP contribution in [0.4, 0.5) is 0 Å². The van der Waals surface area contributed by atoms with Gasteiger partial charge in [-0.05, 0) is 45.4 Å².